The molecule has 12 heteroatoms. The molecule has 36 heavy (non-hydrogen) atoms. The van der Waals surface area contributed by atoms with Crippen molar-refractivity contribution in [1.29, 1.82) is 5.26 Å². The first-order valence-electron chi connectivity index (χ1n) is 10.9. The molecule has 1 atom stereocenters. The van der Waals surface area contributed by atoms with E-state index in [2.05, 4.69) is 5.16 Å². The third kappa shape index (κ3) is 3.89. The van der Waals surface area contributed by atoms with E-state index in [0.29, 0.717) is 0 Å². The Morgan fingerprint density at radius 1 is 1.17 bits per heavy atom. The zero-order chi connectivity index (χ0) is 26.0. The summed E-state index contributed by atoms with van der Waals surface area (Å²) in [5, 5.41) is 12.0. The van der Waals surface area contributed by atoms with Gasteiger partial charge in [-0.25, -0.2) is 8.78 Å². The molecule has 5 rings (SSSR count). The summed E-state index contributed by atoms with van der Waals surface area (Å²) in [6, 6.07) is 7.33. The summed E-state index contributed by atoms with van der Waals surface area (Å²) >= 11 is 11.4. The van der Waals surface area contributed by atoms with E-state index in [0.717, 1.165) is 25.0 Å². The Kier molecular flexibility index (Phi) is 5.72. The van der Waals surface area contributed by atoms with E-state index in [-0.39, 0.29) is 47.3 Å². The molecule has 3 aliphatic rings. The van der Waals surface area contributed by atoms with E-state index >= 15 is 4.39 Å². The number of amides is 1. The normalized spacial score (nSPS) is 22.9. The molecule has 0 aromatic heterocycles. The van der Waals surface area contributed by atoms with Gasteiger partial charge in [0.2, 0.25) is 5.91 Å². The lowest BCUT2D eigenvalue weighted by Gasteiger charge is -2.45. The number of benzene rings is 2. The first-order valence-corrected chi connectivity index (χ1v) is 11.6. The van der Waals surface area contributed by atoms with Crippen LogP contribution in [0.4, 0.5) is 22.0 Å². The van der Waals surface area contributed by atoms with Gasteiger partial charge in [-0.2, -0.15) is 18.4 Å². The zero-order valence-corrected chi connectivity index (χ0v) is 19.8. The fraction of sp³-hybridized carbons (Fsp3) is 0.375. The number of rotatable bonds is 4. The minimum atomic E-state index is -4.99. The van der Waals surface area contributed by atoms with E-state index in [1.54, 1.807) is 0 Å². The molecule has 1 amide bonds. The van der Waals surface area contributed by atoms with Crippen molar-refractivity contribution in [2.75, 3.05) is 13.1 Å². The maximum absolute atomic E-state index is 15.5. The van der Waals surface area contributed by atoms with Crippen LogP contribution in [0.3, 0.4) is 0 Å². The Morgan fingerprint density at radius 3 is 2.36 bits per heavy atom. The van der Waals surface area contributed by atoms with Gasteiger partial charge in [-0.3, -0.25) is 4.79 Å². The molecular formula is C24H16Cl2F5N3O2. The minimum Gasteiger partial charge on any atom is -0.374 e. The first kappa shape index (κ1) is 24.8. The van der Waals surface area contributed by atoms with Crippen LogP contribution >= 0.6 is 23.2 Å². The second kappa shape index (κ2) is 8.32. The van der Waals surface area contributed by atoms with Crippen LogP contribution in [-0.4, -0.2) is 35.8 Å². The van der Waals surface area contributed by atoms with Crippen LogP contribution in [-0.2, 0) is 20.9 Å². The molecule has 188 valence electrons. The SMILES string of the molecule is N#Cc1cc(C2=NOC(c3cc(Cl)c(F)c(Cl)c3)(C(F)(F)F)C2)ccc1C1(F)CN(C(=O)C2CC2)C1. The topological polar surface area (TPSA) is 65.7 Å². The number of hydrogen-bond donors (Lipinski definition) is 0. The van der Waals surface area contributed by atoms with Gasteiger partial charge in [-0.15, -0.1) is 0 Å². The summed E-state index contributed by atoms with van der Waals surface area (Å²) in [6.45, 7) is -0.382. The lowest BCUT2D eigenvalue weighted by Crippen LogP contribution is -2.59. The second-order valence-corrected chi connectivity index (χ2v) is 10.0. The van der Waals surface area contributed by atoms with Crippen molar-refractivity contribution < 1.29 is 31.6 Å². The molecule has 1 saturated heterocycles. The number of carbonyl (C=O) groups excluding carboxylic acids is 1. The molecule has 1 aliphatic carbocycles. The van der Waals surface area contributed by atoms with Crippen LogP contribution in [0.1, 0.15) is 41.5 Å². The molecule has 0 radical (unpaired) electrons. The molecule has 2 aliphatic heterocycles. The highest BCUT2D eigenvalue weighted by Crippen LogP contribution is 2.50. The van der Waals surface area contributed by atoms with Crippen LogP contribution in [0.5, 0.6) is 0 Å². The molecule has 1 unspecified atom stereocenters. The van der Waals surface area contributed by atoms with Gasteiger partial charge in [0.1, 0.15) is 0 Å². The summed E-state index contributed by atoms with van der Waals surface area (Å²) in [7, 11) is 0. The zero-order valence-electron chi connectivity index (χ0n) is 18.3. The van der Waals surface area contributed by atoms with E-state index in [4.69, 9.17) is 28.0 Å². The Hall–Kier alpha value is -2.90. The average Bonchev–Trinajstić information content (AvgIpc) is 3.56. The number of nitrogens with zero attached hydrogens (tertiary/aromatic N) is 3. The lowest BCUT2D eigenvalue weighted by molar-refractivity contribution is -0.275. The number of oxime groups is 1. The first-order chi connectivity index (χ1) is 16.9. The molecular weight excluding hydrogens is 528 g/mol. The van der Waals surface area contributed by atoms with Crippen molar-refractivity contribution in [2.45, 2.75) is 36.7 Å². The highest BCUT2D eigenvalue weighted by Gasteiger charge is 2.62. The average molecular weight is 544 g/mol. The van der Waals surface area contributed by atoms with Gasteiger partial charge >= 0.3 is 6.18 Å². The molecule has 2 aromatic carbocycles. The number of nitriles is 1. The van der Waals surface area contributed by atoms with Crippen molar-refractivity contribution in [3.63, 3.8) is 0 Å². The maximum atomic E-state index is 15.5. The monoisotopic (exact) mass is 543 g/mol. The fourth-order valence-corrected chi connectivity index (χ4v) is 5.01. The summed E-state index contributed by atoms with van der Waals surface area (Å²) in [4.78, 5) is 18.4. The minimum absolute atomic E-state index is 0.0484. The van der Waals surface area contributed by atoms with Crippen LogP contribution in [0.25, 0.3) is 0 Å². The van der Waals surface area contributed by atoms with Crippen LogP contribution in [0.15, 0.2) is 35.5 Å². The van der Waals surface area contributed by atoms with Crippen LogP contribution < -0.4 is 0 Å². The smallest absolute Gasteiger partial charge is 0.374 e. The van der Waals surface area contributed by atoms with Crippen LogP contribution in [0, 0.1) is 23.1 Å². The van der Waals surface area contributed by atoms with Gasteiger partial charge in [-0.1, -0.05) is 40.5 Å². The number of alkyl halides is 4. The molecule has 1 saturated carbocycles. The third-order valence-corrected chi connectivity index (χ3v) is 7.26. The van der Waals surface area contributed by atoms with Crippen molar-refractivity contribution in [3.8, 4) is 6.07 Å². The third-order valence-electron chi connectivity index (χ3n) is 6.71. The number of carbonyl (C=O) groups is 1. The van der Waals surface area contributed by atoms with E-state index < -0.39 is 45.3 Å². The lowest BCUT2D eigenvalue weighted by atomic mass is 9.82. The van der Waals surface area contributed by atoms with Crippen molar-refractivity contribution >= 4 is 34.8 Å². The molecule has 2 heterocycles. The summed E-state index contributed by atoms with van der Waals surface area (Å²) < 4.78 is 72.0. The summed E-state index contributed by atoms with van der Waals surface area (Å²) in [6.07, 6.45) is -4.24. The molecule has 5 nitrogen and oxygen atoms in total. The molecule has 2 aromatic rings. The highest BCUT2D eigenvalue weighted by atomic mass is 35.5. The van der Waals surface area contributed by atoms with E-state index in [1.165, 1.54) is 23.1 Å². The molecule has 0 N–H and O–H groups in total. The van der Waals surface area contributed by atoms with Gasteiger partial charge in [0.05, 0.1) is 40.5 Å². The van der Waals surface area contributed by atoms with Gasteiger partial charge in [-0.05, 0) is 31.0 Å². The number of likely N-dealkylation sites (tertiary alicyclic amines) is 1. The fourth-order valence-electron chi connectivity index (χ4n) is 4.53. The molecule has 2 fully saturated rings. The van der Waals surface area contributed by atoms with Crippen LogP contribution in [0.2, 0.25) is 10.0 Å². The summed E-state index contributed by atoms with van der Waals surface area (Å²) in [5.74, 6) is -1.24. The van der Waals surface area contributed by atoms with Crippen molar-refractivity contribution in [2.24, 2.45) is 11.1 Å². The maximum Gasteiger partial charge on any atom is 0.435 e. The van der Waals surface area contributed by atoms with Gasteiger partial charge in [0.15, 0.2) is 11.5 Å². The quantitative estimate of drug-likeness (QED) is 0.350. The largest absolute Gasteiger partial charge is 0.435 e. The Morgan fingerprint density at radius 2 is 1.81 bits per heavy atom. The summed E-state index contributed by atoms with van der Waals surface area (Å²) in [5.41, 5.74) is -5.54. The standard InChI is InChI=1S/C24H16Cl2F5N3O2/c25-17-6-15(7-18(26)20(17)27)23(24(29,30)31)8-19(33-36-23)13-3-4-16(14(5-13)9-32)22(28)10-34(11-22)21(35)12-1-2-12/h3-7,12H,1-2,8,10-11H2. The Balaban J connectivity index is 1.43. The molecule has 0 spiro atoms. The van der Waals surface area contributed by atoms with Crippen molar-refractivity contribution in [3.05, 3.63) is 68.4 Å². The van der Waals surface area contributed by atoms with Crippen molar-refractivity contribution in [1.82, 2.24) is 4.90 Å². The Bertz CT molecular complexity index is 1320. The Labute approximate surface area is 212 Å². The predicted octanol–water partition coefficient (Wildman–Crippen LogP) is 6.00. The van der Waals surface area contributed by atoms with E-state index in [1.807, 2.05) is 6.07 Å². The van der Waals surface area contributed by atoms with Gasteiger partial charge < -0.3 is 9.74 Å². The second-order valence-electron chi connectivity index (χ2n) is 9.19. The molecule has 0 bridgehead atoms. The van der Waals surface area contributed by atoms with E-state index in [9.17, 15) is 27.6 Å². The highest BCUT2D eigenvalue weighted by molar-refractivity contribution is 6.35. The van der Waals surface area contributed by atoms with Gasteiger partial charge in [0, 0.05) is 29.0 Å². The number of hydrogen-bond acceptors (Lipinski definition) is 4. The van der Waals surface area contributed by atoms with Gasteiger partial charge in [0.25, 0.3) is 5.60 Å². The predicted molar refractivity (Wildman–Crippen MR) is 120 cm³/mol. The number of halogens is 7.